The van der Waals surface area contributed by atoms with Crippen LogP contribution in [0.2, 0.25) is 0 Å². The molecule has 0 radical (unpaired) electrons. The molecule has 0 amide bonds. The van der Waals surface area contributed by atoms with Crippen LogP contribution in [0.15, 0.2) is 0 Å². The van der Waals surface area contributed by atoms with E-state index in [9.17, 15) is 0 Å². The minimum absolute atomic E-state index is 0.00366. The molecule has 11 heavy (non-hydrogen) atoms. The molecule has 1 fully saturated rings. The highest BCUT2D eigenvalue weighted by Gasteiger charge is 2.35. The SMILES string of the molecule is CC(C)C(C)CC1(N)COC1. The maximum Gasteiger partial charge on any atom is 0.0669 e. The van der Waals surface area contributed by atoms with Crippen LogP contribution in [-0.2, 0) is 4.74 Å². The van der Waals surface area contributed by atoms with E-state index in [1.807, 2.05) is 0 Å². The molecule has 1 atom stereocenters. The lowest BCUT2D eigenvalue weighted by Crippen LogP contribution is -2.58. The summed E-state index contributed by atoms with van der Waals surface area (Å²) in [5, 5.41) is 0. The van der Waals surface area contributed by atoms with Gasteiger partial charge in [-0.25, -0.2) is 0 Å². The van der Waals surface area contributed by atoms with Crippen molar-refractivity contribution in [2.45, 2.75) is 32.7 Å². The molecular weight excluding hydrogens is 138 g/mol. The zero-order valence-electron chi connectivity index (χ0n) is 7.76. The van der Waals surface area contributed by atoms with Crippen molar-refractivity contribution in [3.8, 4) is 0 Å². The summed E-state index contributed by atoms with van der Waals surface area (Å²) >= 11 is 0. The monoisotopic (exact) mass is 157 g/mol. The van der Waals surface area contributed by atoms with Gasteiger partial charge in [0.1, 0.15) is 0 Å². The summed E-state index contributed by atoms with van der Waals surface area (Å²) < 4.78 is 5.09. The fourth-order valence-electron chi connectivity index (χ4n) is 1.36. The van der Waals surface area contributed by atoms with Gasteiger partial charge in [0.25, 0.3) is 0 Å². The highest BCUT2D eigenvalue weighted by atomic mass is 16.5. The molecule has 0 saturated carbocycles. The molecule has 2 N–H and O–H groups in total. The van der Waals surface area contributed by atoms with Gasteiger partial charge >= 0.3 is 0 Å². The lowest BCUT2D eigenvalue weighted by atomic mass is 9.82. The van der Waals surface area contributed by atoms with Crippen LogP contribution in [-0.4, -0.2) is 18.8 Å². The van der Waals surface area contributed by atoms with Crippen LogP contribution in [0.4, 0.5) is 0 Å². The molecule has 0 aromatic carbocycles. The number of ether oxygens (including phenoxy) is 1. The fourth-order valence-corrected chi connectivity index (χ4v) is 1.36. The maximum atomic E-state index is 6.02. The molecule has 2 heteroatoms. The summed E-state index contributed by atoms with van der Waals surface area (Å²) in [4.78, 5) is 0. The Morgan fingerprint density at radius 2 is 1.91 bits per heavy atom. The van der Waals surface area contributed by atoms with E-state index in [0.29, 0.717) is 5.92 Å². The molecule has 1 aliphatic rings. The molecule has 0 aliphatic carbocycles. The summed E-state index contributed by atoms with van der Waals surface area (Å²) in [5.74, 6) is 1.44. The van der Waals surface area contributed by atoms with E-state index in [4.69, 9.17) is 10.5 Å². The first-order chi connectivity index (χ1) is 5.03. The Morgan fingerprint density at radius 3 is 2.18 bits per heavy atom. The lowest BCUT2D eigenvalue weighted by Gasteiger charge is -2.40. The lowest BCUT2D eigenvalue weighted by molar-refractivity contribution is -0.0657. The van der Waals surface area contributed by atoms with E-state index in [0.717, 1.165) is 25.6 Å². The molecule has 1 unspecified atom stereocenters. The van der Waals surface area contributed by atoms with Crippen molar-refractivity contribution in [3.05, 3.63) is 0 Å². The Kier molecular flexibility index (Phi) is 2.55. The van der Waals surface area contributed by atoms with Gasteiger partial charge < -0.3 is 10.5 Å². The van der Waals surface area contributed by atoms with Gasteiger partial charge in [-0.3, -0.25) is 0 Å². The fraction of sp³-hybridized carbons (Fsp3) is 1.00. The second-order valence-electron chi connectivity index (χ2n) is 4.28. The van der Waals surface area contributed by atoms with Crippen molar-refractivity contribution >= 4 is 0 Å². The van der Waals surface area contributed by atoms with Crippen molar-refractivity contribution in [1.29, 1.82) is 0 Å². The molecule has 2 nitrogen and oxygen atoms in total. The average molecular weight is 157 g/mol. The standard InChI is InChI=1S/C9H19NO/c1-7(2)8(3)4-9(10)5-11-6-9/h7-8H,4-6,10H2,1-3H3. The summed E-state index contributed by atoms with van der Waals surface area (Å²) in [6.45, 7) is 8.26. The Morgan fingerprint density at radius 1 is 1.36 bits per heavy atom. The summed E-state index contributed by atoms with van der Waals surface area (Å²) in [5.41, 5.74) is 6.02. The molecule has 1 rings (SSSR count). The van der Waals surface area contributed by atoms with Crippen LogP contribution in [0.25, 0.3) is 0 Å². The largest absolute Gasteiger partial charge is 0.377 e. The molecule has 0 bridgehead atoms. The van der Waals surface area contributed by atoms with E-state index < -0.39 is 0 Å². The van der Waals surface area contributed by atoms with Crippen molar-refractivity contribution < 1.29 is 4.74 Å². The van der Waals surface area contributed by atoms with E-state index in [1.165, 1.54) is 0 Å². The third-order valence-corrected chi connectivity index (χ3v) is 2.65. The molecule has 1 aliphatic heterocycles. The van der Waals surface area contributed by atoms with Crippen LogP contribution in [0.1, 0.15) is 27.2 Å². The summed E-state index contributed by atoms with van der Waals surface area (Å²) in [6.07, 6.45) is 1.10. The van der Waals surface area contributed by atoms with Gasteiger partial charge in [-0.1, -0.05) is 20.8 Å². The first-order valence-electron chi connectivity index (χ1n) is 4.40. The summed E-state index contributed by atoms with van der Waals surface area (Å²) in [6, 6.07) is 0. The first kappa shape index (κ1) is 9.01. The second-order valence-corrected chi connectivity index (χ2v) is 4.28. The maximum absolute atomic E-state index is 6.02. The molecule has 1 saturated heterocycles. The zero-order chi connectivity index (χ0) is 8.48. The van der Waals surface area contributed by atoms with Crippen LogP contribution >= 0.6 is 0 Å². The Bertz CT molecular complexity index is 130. The minimum Gasteiger partial charge on any atom is -0.377 e. The topological polar surface area (TPSA) is 35.2 Å². The van der Waals surface area contributed by atoms with Crippen molar-refractivity contribution in [3.63, 3.8) is 0 Å². The van der Waals surface area contributed by atoms with Crippen LogP contribution in [0.5, 0.6) is 0 Å². The number of rotatable bonds is 3. The predicted octanol–water partition coefficient (Wildman–Crippen LogP) is 1.40. The van der Waals surface area contributed by atoms with Gasteiger partial charge in [0.05, 0.1) is 18.8 Å². The minimum atomic E-state index is 0.00366. The third kappa shape index (κ3) is 2.17. The molecule has 0 spiro atoms. The number of hydrogen-bond acceptors (Lipinski definition) is 2. The predicted molar refractivity (Wildman–Crippen MR) is 46.4 cm³/mol. The Balaban J connectivity index is 2.29. The van der Waals surface area contributed by atoms with Gasteiger partial charge in [0, 0.05) is 0 Å². The molecule has 0 aromatic heterocycles. The van der Waals surface area contributed by atoms with Crippen LogP contribution in [0.3, 0.4) is 0 Å². The highest BCUT2D eigenvalue weighted by molar-refractivity contribution is 4.92. The molecular formula is C9H19NO. The van der Waals surface area contributed by atoms with E-state index >= 15 is 0 Å². The Labute approximate surface area is 69.1 Å². The quantitative estimate of drug-likeness (QED) is 0.672. The van der Waals surface area contributed by atoms with E-state index in [1.54, 1.807) is 0 Å². The highest BCUT2D eigenvalue weighted by Crippen LogP contribution is 2.26. The van der Waals surface area contributed by atoms with Crippen molar-refractivity contribution in [2.24, 2.45) is 17.6 Å². The smallest absolute Gasteiger partial charge is 0.0669 e. The normalized spacial score (nSPS) is 24.8. The van der Waals surface area contributed by atoms with E-state index in [2.05, 4.69) is 20.8 Å². The van der Waals surface area contributed by atoms with Crippen LogP contribution < -0.4 is 5.73 Å². The van der Waals surface area contributed by atoms with Crippen LogP contribution in [0, 0.1) is 11.8 Å². The summed E-state index contributed by atoms with van der Waals surface area (Å²) in [7, 11) is 0. The van der Waals surface area contributed by atoms with Gasteiger partial charge in [0.2, 0.25) is 0 Å². The second kappa shape index (κ2) is 3.11. The average Bonchev–Trinajstić information content (AvgIpc) is 1.84. The Hall–Kier alpha value is -0.0800. The zero-order valence-corrected chi connectivity index (χ0v) is 7.76. The molecule has 66 valence electrons. The molecule has 0 aromatic rings. The molecule has 1 heterocycles. The van der Waals surface area contributed by atoms with Gasteiger partial charge in [-0.2, -0.15) is 0 Å². The first-order valence-corrected chi connectivity index (χ1v) is 4.40. The van der Waals surface area contributed by atoms with Crippen molar-refractivity contribution in [1.82, 2.24) is 0 Å². The van der Waals surface area contributed by atoms with Gasteiger partial charge in [-0.15, -0.1) is 0 Å². The van der Waals surface area contributed by atoms with Gasteiger partial charge in [0.15, 0.2) is 0 Å². The van der Waals surface area contributed by atoms with E-state index in [-0.39, 0.29) is 5.54 Å². The third-order valence-electron chi connectivity index (χ3n) is 2.65. The van der Waals surface area contributed by atoms with Crippen molar-refractivity contribution in [2.75, 3.05) is 13.2 Å². The number of hydrogen-bond donors (Lipinski definition) is 1. The van der Waals surface area contributed by atoms with Gasteiger partial charge in [-0.05, 0) is 18.3 Å². The number of nitrogens with two attached hydrogens (primary N) is 1.